The van der Waals surface area contributed by atoms with Gasteiger partial charge in [-0.2, -0.15) is 0 Å². The quantitative estimate of drug-likeness (QED) is 0.872. The van der Waals surface area contributed by atoms with Crippen molar-refractivity contribution in [3.05, 3.63) is 17.7 Å². The van der Waals surface area contributed by atoms with Crippen LogP contribution in [0.3, 0.4) is 0 Å². The third-order valence-corrected chi connectivity index (χ3v) is 5.51. The number of nitrogens with one attached hydrogen (secondary N) is 2. The minimum Gasteiger partial charge on any atom is -0.346 e. The van der Waals surface area contributed by atoms with Gasteiger partial charge in [-0.1, -0.05) is 20.3 Å². The summed E-state index contributed by atoms with van der Waals surface area (Å²) in [7, 11) is 2.13. The first-order chi connectivity index (χ1) is 9.11. The van der Waals surface area contributed by atoms with Gasteiger partial charge in [0.25, 0.3) is 0 Å². The molecule has 3 aliphatic carbocycles. The molecule has 0 radical (unpaired) electrons. The van der Waals surface area contributed by atoms with Crippen molar-refractivity contribution in [1.82, 2.24) is 15.3 Å². The van der Waals surface area contributed by atoms with Crippen LogP contribution in [0.15, 0.2) is 6.20 Å². The molecule has 3 heteroatoms. The van der Waals surface area contributed by atoms with Crippen LogP contribution in [-0.4, -0.2) is 22.6 Å². The van der Waals surface area contributed by atoms with Gasteiger partial charge in [0.1, 0.15) is 5.82 Å². The fraction of sp³-hybridized carbons (Fsp3) is 0.812. The molecule has 106 valence electrons. The molecule has 2 bridgehead atoms. The van der Waals surface area contributed by atoms with Crippen LogP contribution in [0.2, 0.25) is 0 Å². The average molecular weight is 261 g/mol. The molecule has 0 saturated heterocycles. The van der Waals surface area contributed by atoms with Crippen molar-refractivity contribution in [3.63, 3.8) is 0 Å². The van der Waals surface area contributed by atoms with E-state index in [1.165, 1.54) is 43.6 Å². The largest absolute Gasteiger partial charge is 0.346 e. The van der Waals surface area contributed by atoms with E-state index in [0.717, 1.165) is 12.8 Å². The van der Waals surface area contributed by atoms with Crippen molar-refractivity contribution in [3.8, 4) is 0 Å². The van der Waals surface area contributed by atoms with E-state index >= 15 is 0 Å². The Labute approximate surface area is 116 Å². The van der Waals surface area contributed by atoms with Gasteiger partial charge >= 0.3 is 0 Å². The van der Waals surface area contributed by atoms with Crippen molar-refractivity contribution >= 4 is 0 Å². The summed E-state index contributed by atoms with van der Waals surface area (Å²) in [4.78, 5) is 8.15. The van der Waals surface area contributed by atoms with E-state index in [2.05, 4.69) is 42.4 Å². The Morgan fingerprint density at radius 3 is 2.95 bits per heavy atom. The number of nitrogens with zero attached hydrogens (tertiary/aromatic N) is 1. The highest BCUT2D eigenvalue weighted by atomic mass is 15.0. The maximum Gasteiger partial charge on any atom is 0.106 e. The second kappa shape index (κ2) is 4.62. The number of imidazole rings is 1. The Balaban J connectivity index is 1.80. The first-order valence-corrected chi connectivity index (χ1v) is 7.83. The van der Waals surface area contributed by atoms with Crippen LogP contribution in [-0.2, 0) is 6.42 Å². The molecule has 3 fully saturated rings. The monoisotopic (exact) mass is 261 g/mol. The summed E-state index contributed by atoms with van der Waals surface area (Å²) in [6.07, 6.45) is 11.0. The third-order valence-electron chi connectivity index (χ3n) is 5.51. The molecule has 1 aromatic heterocycles. The van der Waals surface area contributed by atoms with E-state index in [0.29, 0.717) is 16.9 Å². The summed E-state index contributed by atoms with van der Waals surface area (Å²) in [6, 6.07) is 0. The van der Waals surface area contributed by atoms with E-state index < -0.39 is 0 Å². The van der Waals surface area contributed by atoms with Crippen molar-refractivity contribution < 1.29 is 0 Å². The molecule has 0 aliphatic heterocycles. The molecule has 1 aromatic rings. The van der Waals surface area contributed by atoms with Gasteiger partial charge in [-0.15, -0.1) is 0 Å². The fourth-order valence-electron chi connectivity index (χ4n) is 4.66. The molecule has 3 aliphatic rings. The zero-order valence-electron chi connectivity index (χ0n) is 12.6. The summed E-state index contributed by atoms with van der Waals surface area (Å²) >= 11 is 0. The first kappa shape index (κ1) is 13.2. The van der Waals surface area contributed by atoms with Gasteiger partial charge < -0.3 is 10.3 Å². The van der Waals surface area contributed by atoms with Gasteiger partial charge in [0, 0.05) is 29.8 Å². The Hall–Kier alpha value is -0.830. The van der Waals surface area contributed by atoms with Gasteiger partial charge in [0.2, 0.25) is 0 Å². The smallest absolute Gasteiger partial charge is 0.106 e. The maximum atomic E-state index is 4.56. The van der Waals surface area contributed by atoms with Crippen LogP contribution >= 0.6 is 0 Å². The molecule has 0 amide bonds. The predicted octanol–water partition coefficient (Wildman–Crippen LogP) is 3.39. The van der Waals surface area contributed by atoms with Gasteiger partial charge in [0.05, 0.1) is 0 Å². The van der Waals surface area contributed by atoms with Crippen LogP contribution in [0.5, 0.6) is 0 Å². The Morgan fingerprint density at radius 2 is 2.26 bits per heavy atom. The topological polar surface area (TPSA) is 40.7 Å². The average Bonchev–Trinajstić information content (AvgIpc) is 2.68. The molecule has 19 heavy (non-hydrogen) atoms. The predicted molar refractivity (Wildman–Crippen MR) is 78.3 cm³/mol. The maximum absolute atomic E-state index is 4.56. The molecular formula is C16H27N3. The van der Waals surface area contributed by atoms with Gasteiger partial charge in [-0.25, -0.2) is 4.98 Å². The summed E-state index contributed by atoms with van der Waals surface area (Å²) in [5.74, 6) is 1.85. The van der Waals surface area contributed by atoms with E-state index in [4.69, 9.17) is 0 Å². The van der Waals surface area contributed by atoms with Gasteiger partial charge in [0.15, 0.2) is 0 Å². The SMILES string of the molecule is CCCc1ncc(C2CCCC3(NC)CC2(C)C3)[nH]1. The fourth-order valence-corrected chi connectivity index (χ4v) is 4.66. The third kappa shape index (κ3) is 2.12. The van der Waals surface area contributed by atoms with E-state index in [9.17, 15) is 0 Å². The zero-order valence-corrected chi connectivity index (χ0v) is 12.6. The summed E-state index contributed by atoms with van der Waals surface area (Å²) in [5.41, 5.74) is 2.29. The lowest BCUT2D eigenvalue weighted by Gasteiger charge is -2.56. The van der Waals surface area contributed by atoms with Crippen molar-refractivity contribution in [2.24, 2.45) is 5.41 Å². The molecule has 4 rings (SSSR count). The molecule has 2 N–H and O–H groups in total. The first-order valence-electron chi connectivity index (χ1n) is 7.83. The van der Waals surface area contributed by atoms with Crippen LogP contribution in [0, 0.1) is 5.41 Å². The Bertz CT molecular complexity index is 443. The number of rotatable bonds is 4. The lowest BCUT2D eigenvalue weighted by Crippen LogP contribution is -2.58. The zero-order chi connectivity index (χ0) is 13.5. The summed E-state index contributed by atoms with van der Waals surface area (Å²) < 4.78 is 0. The second-order valence-corrected chi connectivity index (χ2v) is 7.02. The number of H-pyrrole nitrogens is 1. The number of hydrogen-bond acceptors (Lipinski definition) is 2. The van der Waals surface area contributed by atoms with Crippen molar-refractivity contribution in [2.75, 3.05) is 7.05 Å². The number of aromatic amines is 1. The molecule has 3 nitrogen and oxygen atoms in total. The number of aromatic nitrogens is 2. The standard InChI is InChI=1S/C16H27N3/c1-4-6-14-18-9-13(19-14)12-7-5-8-16(17-3)10-15(12,2)11-16/h9,12,17H,4-8,10-11H2,1-3H3,(H,18,19). The molecular weight excluding hydrogens is 234 g/mol. The summed E-state index contributed by atoms with van der Waals surface area (Å²) in [6.45, 7) is 4.68. The van der Waals surface area contributed by atoms with E-state index in [-0.39, 0.29) is 0 Å². The minimum absolute atomic E-state index is 0.440. The molecule has 0 aromatic carbocycles. The highest BCUT2D eigenvalue weighted by Gasteiger charge is 2.56. The Morgan fingerprint density at radius 1 is 1.47 bits per heavy atom. The van der Waals surface area contributed by atoms with E-state index in [1.807, 2.05) is 0 Å². The highest BCUT2D eigenvalue weighted by molar-refractivity contribution is 5.21. The molecule has 0 spiro atoms. The lowest BCUT2D eigenvalue weighted by atomic mass is 9.53. The minimum atomic E-state index is 0.440. The van der Waals surface area contributed by atoms with Crippen molar-refractivity contribution in [1.29, 1.82) is 0 Å². The van der Waals surface area contributed by atoms with Crippen LogP contribution < -0.4 is 5.32 Å². The second-order valence-electron chi connectivity index (χ2n) is 7.02. The highest BCUT2D eigenvalue weighted by Crippen LogP contribution is 2.61. The van der Waals surface area contributed by atoms with Crippen LogP contribution in [0.25, 0.3) is 0 Å². The normalized spacial score (nSPS) is 37.7. The Kier molecular flexibility index (Phi) is 3.20. The van der Waals surface area contributed by atoms with Crippen molar-refractivity contribution in [2.45, 2.75) is 70.3 Å². The van der Waals surface area contributed by atoms with Gasteiger partial charge in [-0.05, 0) is 44.6 Å². The molecule has 3 saturated carbocycles. The van der Waals surface area contributed by atoms with Gasteiger partial charge in [-0.3, -0.25) is 0 Å². The lowest BCUT2D eigenvalue weighted by molar-refractivity contribution is 0.0105. The molecule has 1 heterocycles. The number of hydrogen-bond donors (Lipinski definition) is 2. The van der Waals surface area contributed by atoms with Crippen LogP contribution in [0.4, 0.5) is 0 Å². The number of fused-ring (bicyclic) bond motifs is 3. The molecule has 1 unspecified atom stereocenters. The molecule has 1 atom stereocenters. The number of aryl methyl sites for hydroxylation is 1. The summed E-state index contributed by atoms with van der Waals surface area (Å²) in [5, 5.41) is 3.58. The van der Waals surface area contributed by atoms with E-state index in [1.54, 1.807) is 0 Å². The van der Waals surface area contributed by atoms with Crippen LogP contribution in [0.1, 0.15) is 69.8 Å².